The van der Waals surface area contributed by atoms with Crippen molar-refractivity contribution >= 4 is 5.91 Å². The molecule has 2 fully saturated rings. The summed E-state index contributed by atoms with van der Waals surface area (Å²) < 4.78 is 2.11. The van der Waals surface area contributed by atoms with Crippen LogP contribution in [-0.2, 0) is 11.3 Å². The summed E-state index contributed by atoms with van der Waals surface area (Å²) in [4.78, 5) is 12.2. The van der Waals surface area contributed by atoms with E-state index in [0.717, 1.165) is 18.7 Å². The van der Waals surface area contributed by atoms with Crippen molar-refractivity contribution in [2.45, 2.75) is 69.7 Å². The maximum absolute atomic E-state index is 12.2. The van der Waals surface area contributed by atoms with Crippen molar-refractivity contribution in [2.24, 2.45) is 11.7 Å². The number of rotatable bonds is 4. The SMILES string of the molecule is N[C@@H]1C[C@H](C(=O)NCc2nncn2C2CCCCC2)C[C@H]1O. The highest BCUT2D eigenvalue weighted by atomic mass is 16.3. The minimum atomic E-state index is -0.568. The van der Waals surface area contributed by atoms with E-state index in [1.54, 1.807) is 6.33 Å². The van der Waals surface area contributed by atoms with Gasteiger partial charge < -0.3 is 20.7 Å². The van der Waals surface area contributed by atoms with E-state index in [4.69, 9.17) is 5.73 Å². The van der Waals surface area contributed by atoms with Gasteiger partial charge in [-0.3, -0.25) is 4.79 Å². The molecule has 2 aliphatic carbocycles. The molecule has 0 aromatic carbocycles. The zero-order valence-electron chi connectivity index (χ0n) is 12.8. The molecule has 0 saturated heterocycles. The molecule has 4 N–H and O–H groups in total. The first kappa shape index (κ1) is 15.4. The van der Waals surface area contributed by atoms with E-state index in [2.05, 4.69) is 20.1 Å². The number of amides is 1. The number of nitrogens with zero attached hydrogens (tertiary/aromatic N) is 3. The number of carbonyl (C=O) groups is 1. The number of nitrogens with one attached hydrogen (secondary N) is 1. The summed E-state index contributed by atoms with van der Waals surface area (Å²) in [5.41, 5.74) is 5.76. The molecular weight excluding hydrogens is 282 g/mol. The Morgan fingerprint density at radius 1 is 1.36 bits per heavy atom. The van der Waals surface area contributed by atoms with Gasteiger partial charge in [-0.1, -0.05) is 19.3 Å². The van der Waals surface area contributed by atoms with Crippen molar-refractivity contribution < 1.29 is 9.90 Å². The number of aliphatic hydroxyl groups excluding tert-OH is 1. The van der Waals surface area contributed by atoms with Gasteiger partial charge in [0, 0.05) is 18.0 Å². The molecule has 0 radical (unpaired) electrons. The Labute approximate surface area is 130 Å². The Morgan fingerprint density at radius 3 is 2.82 bits per heavy atom. The van der Waals surface area contributed by atoms with E-state index < -0.39 is 6.10 Å². The van der Waals surface area contributed by atoms with Gasteiger partial charge in [-0.25, -0.2) is 0 Å². The third-order valence-corrected chi connectivity index (χ3v) is 4.98. The highest BCUT2D eigenvalue weighted by molar-refractivity contribution is 5.79. The average Bonchev–Trinajstić information content (AvgIpc) is 3.13. The lowest BCUT2D eigenvalue weighted by atomic mass is 9.95. The molecule has 3 rings (SSSR count). The van der Waals surface area contributed by atoms with Crippen molar-refractivity contribution in [1.29, 1.82) is 0 Å². The van der Waals surface area contributed by atoms with Gasteiger partial charge in [0.15, 0.2) is 5.82 Å². The van der Waals surface area contributed by atoms with Gasteiger partial charge in [-0.2, -0.15) is 0 Å². The van der Waals surface area contributed by atoms with Crippen LogP contribution < -0.4 is 11.1 Å². The van der Waals surface area contributed by atoms with Crippen LogP contribution in [0, 0.1) is 5.92 Å². The lowest BCUT2D eigenvalue weighted by Crippen LogP contribution is -2.31. The Balaban J connectivity index is 1.55. The Morgan fingerprint density at radius 2 is 2.14 bits per heavy atom. The van der Waals surface area contributed by atoms with Gasteiger partial charge >= 0.3 is 0 Å². The Hall–Kier alpha value is -1.47. The van der Waals surface area contributed by atoms with Crippen LogP contribution in [0.15, 0.2) is 6.33 Å². The van der Waals surface area contributed by atoms with Crippen LogP contribution in [0.5, 0.6) is 0 Å². The lowest BCUT2D eigenvalue weighted by molar-refractivity contribution is -0.125. The second kappa shape index (κ2) is 6.75. The zero-order valence-corrected chi connectivity index (χ0v) is 12.8. The first-order chi connectivity index (χ1) is 10.6. The lowest BCUT2D eigenvalue weighted by Gasteiger charge is -2.24. The van der Waals surface area contributed by atoms with Crippen molar-refractivity contribution in [1.82, 2.24) is 20.1 Å². The van der Waals surface area contributed by atoms with Crippen LogP contribution in [0.3, 0.4) is 0 Å². The van der Waals surface area contributed by atoms with E-state index in [0.29, 0.717) is 25.4 Å². The second-order valence-corrected chi connectivity index (χ2v) is 6.56. The molecular formula is C15H25N5O2. The molecule has 22 heavy (non-hydrogen) atoms. The minimum Gasteiger partial charge on any atom is -0.391 e. The normalized spacial score (nSPS) is 29.6. The fourth-order valence-corrected chi connectivity index (χ4v) is 3.63. The molecule has 1 aromatic rings. The summed E-state index contributed by atoms with van der Waals surface area (Å²) in [7, 11) is 0. The molecule has 2 aliphatic rings. The number of aliphatic hydroxyl groups is 1. The van der Waals surface area contributed by atoms with Crippen molar-refractivity contribution in [3.8, 4) is 0 Å². The van der Waals surface area contributed by atoms with Gasteiger partial charge in [-0.15, -0.1) is 10.2 Å². The highest BCUT2D eigenvalue weighted by Crippen LogP contribution is 2.28. The van der Waals surface area contributed by atoms with E-state index >= 15 is 0 Å². The van der Waals surface area contributed by atoms with E-state index in [-0.39, 0.29) is 17.9 Å². The molecule has 1 amide bonds. The molecule has 3 atom stereocenters. The summed E-state index contributed by atoms with van der Waals surface area (Å²) in [6.45, 7) is 0.386. The third-order valence-electron chi connectivity index (χ3n) is 4.98. The van der Waals surface area contributed by atoms with Crippen molar-refractivity contribution in [3.05, 3.63) is 12.2 Å². The zero-order chi connectivity index (χ0) is 15.5. The molecule has 0 spiro atoms. The summed E-state index contributed by atoms with van der Waals surface area (Å²) in [5.74, 6) is 0.560. The Bertz CT molecular complexity index is 502. The molecule has 1 aromatic heterocycles. The fraction of sp³-hybridized carbons (Fsp3) is 0.800. The molecule has 0 bridgehead atoms. The molecule has 7 nitrogen and oxygen atoms in total. The van der Waals surface area contributed by atoms with Crippen molar-refractivity contribution in [2.75, 3.05) is 0 Å². The molecule has 7 heteroatoms. The summed E-state index contributed by atoms with van der Waals surface area (Å²) in [5, 5.41) is 20.7. The van der Waals surface area contributed by atoms with Crippen LogP contribution >= 0.6 is 0 Å². The molecule has 122 valence electrons. The number of nitrogens with two attached hydrogens (primary N) is 1. The number of hydrogen-bond acceptors (Lipinski definition) is 5. The molecule has 0 unspecified atom stereocenters. The van der Waals surface area contributed by atoms with Crippen LogP contribution in [0.2, 0.25) is 0 Å². The molecule has 0 aliphatic heterocycles. The van der Waals surface area contributed by atoms with Gasteiger partial charge in [0.05, 0.1) is 12.6 Å². The smallest absolute Gasteiger partial charge is 0.223 e. The standard InChI is InChI=1S/C15H25N5O2/c16-12-6-10(7-13(12)21)15(22)17-8-14-19-18-9-20(14)11-4-2-1-3-5-11/h9-13,21H,1-8,16H2,(H,17,22)/t10-,12+,13+/m0/s1. The maximum atomic E-state index is 12.2. The van der Waals surface area contributed by atoms with E-state index in [1.165, 1.54) is 19.3 Å². The van der Waals surface area contributed by atoms with Crippen molar-refractivity contribution in [3.63, 3.8) is 0 Å². The van der Waals surface area contributed by atoms with Crippen LogP contribution in [0.1, 0.15) is 56.8 Å². The van der Waals surface area contributed by atoms with Crippen LogP contribution in [-0.4, -0.2) is 37.9 Å². The van der Waals surface area contributed by atoms with Gasteiger partial charge in [0.1, 0.15) is 6.33 Å². The quantitative estimate of drug-likeness (QED) is 0.751. The predicted octanol–water partition coefficient (Wildman–Crippen LogP) is 0.498. The summed E-state index contributed by atoms with van der Waals surface area (Å²) in [6, 6.07) is 0.166. The van der Waals surface area contributed by atoms with Gasteiger partial charge in [0.2, 0.25) is 5.91 Å². The van der Waals surface area contributed by atoms with Crippen LogP contribution in [0.4, 0.5) is 0 Å². The highest BCUT2D eigenvalue weighted by Gasteiger charge is 2.34. The maximum Gasteiger partial charge on any atom is 0.223 e. The Kier molecular flexibility index (Phi) is 4.73. The van der Waals surface area contributed by atoms with E-state index in [1.807, 2.05) is 0 Å². The second-order valence-electron chi connectivity index (χ2n) is 6.56. The summed E-state index contributed by atoms with van der Waals surface area (Å²) >= 11 is 0. The number of aromatic nitrogens is 3. The van der Waals surface area contributed by atoms with Gasteiger partial charge in [-0.05, 0) is 25.7 Å². The predicted molar refractivity (Wildman–Crippen MR) is 80.7 cm³/mol. The first-order valence-corrected chi connectivity index (χ1v) is 8.25. The van der Waals surface area contributed by atoms with Crippen LogP contribution in [0.25, 0.3) is 0 Å². The van der Waals surface area contributed by atoms with Gasteiger partial charge in [0.25, 0.3) is 0 Å². The van der Waals surface area contributed by atoms with E-state index in [9.17, 15) is 9.90 Å². The minimum absolute atomic E-state index is 0.0507. The topological polar surface area (TPSA) is 106 Å². The number of carbonyl (C=O) groups excluding carboxylic acids is 1. The monoisotopic (exact) mass is 307 g/mol. The molecule has 1 heterocycles. The largest absolute Gasteiger partial charge is 0.391 e. The first-order valence-electron chi connectivity index (χ1n) is 8.25. The average molecular weight is 307 g/mol. The third kappa shape index (κ3) is 3.30. The fourth-order valence-electron chi connectivity index (χ4n) is 3.63. The molecule has 2 saturated carbocycles. The number of hydrogen-bond donors (Lipinski definition) is 3. The summed E-state index contributed by atoms with van der Waals surface area (Å²) in [6.07, 6.45) is 8.29.